The van der Waals surface area contributed by atoms with Crippen molar-refractivity contribution in [2.24, 2.45) is 0 Å². The fraction of sp³-hybridized carbons (Fsp3) is 0.562. The van der Waals surface area contributed by atoms with Crippen molar-refractivity contribution in [3.63, 3.8) is 0 Å². The first kappa shape index (κ1) is 16.2. The molecule has 0 saturated carbocycles. The second kappa shape index (κ2) is 6.71. The molecule has 116 valence electrons. The number of nitrogens with zero attached hydrogens (tertiary/aromatic N) is 1. The Hall–Kier alpha value is -1.20. The molecule has 0 radical (unpaired) electrons. The van der Waals surface area contributed by atoms with Gasteiger partial charge in [-0.05, 0) is 26.3 Å². The zero-order valence-electron chi connectivity index (χ0n) is 12.8. The predicted octanol–water partition coefficient (Wildman–Crippen LogP) is 2.90. The van der Waals surface area contributed by atoms with Crippen molar-refractivity contribution in [3.05, 3.63) is 35.9 Å². The molecule has 2 rings (SSSR count). The van der Waals surface area contributed by atoms with E-state index < -0.39 is 11.7 Å². The van der Waals surface area contributed by atoms with Crippen LogP contribution in [0.3, 0.4) is 0 Å². The molecule has 5 heteroatoms. The van der Waals surface area contributed by atoms with Gasteiger partial charge in [-0.1, -0.05) is 30.3 Å². The predicted molar refractivity (Wildman–Crippen MR) is 85.3 cm³/mol. The lowest BCUT2D eigenvalue weighted by atomic mass is 10.2. The molecule has 1 N–H and O–H groups in total. The number of carbonyl (C=O) groups is 1. The molecule has 1 aliphatic heterocycles. The Kier molecular flexibility index (Phi) is 5.17. The van der Waals surface area contributed by atoms with Gasteiger partial charge in [-0.15, -0.1) is 11.8 Å². The Morgan fingerprint density at radius 2 is 2.00 bits per heavy atom. The van der Waals surface area contributed by atoms with E-state index in [1.165, 1.54) is 5.56 Å². The van der Waals surface area contributed by atoms with Crippen molar-refractivity contribution in [1.29, 1.82) is 0 Å². The van der Waals surface area contributed by atoms with Crippen LogP contribution in [0, 0.1) is 0 Å². The summed E-state index contributed by atoms with van der Waals surface area (Å²) in [4.78, 5) is 13.6. The maximum atomic E-state index is 12.0. The molecular weight excluding hydrogens is 286 g/mol. The van der Waals surface area contributed by atoms with Crippen LogP contribution in [0.5, 0.6) is 0 Å². The molecule has 1 saturated heterocycles. The lowest BCUT2D eigenvalue weighted by Gasteiger charge is -2.24. The van der Waals surface area contributed by atoms with Crippen molar-refractivity contribution < 1.29 is 14.6 Å². The van der Waals surface area contributed by atoms with Crippen molar-refractivity contribution in [2.75, 3.05) is 13.1 Å². The van der Waals surface area contributed by atoms with E-state index in [-0.39, 0.29) is 11.3 Å². The van der Waals surface area contributed by atoms with Crippen LogP contribution in [0.4, 0.5) is 4.79 Å². The van der Waals surface area contributed by atoms with Crippen molar-refractivity contribution >= 4 is 17.9 Å². The zero-order valence-corrected chi connectivity index (χ0v) is 13.6. The first-order valence-electron chi connectivity index (χ1n) is 7.17. The van der Waals surface area contributed by atoms with Crippen LogP contribution in [-0.2, 0) is 10.5 Å². The molecule has 1 aromatic rings. The van der Waals surface area contributed by atoms with Gasteiger partial charge in [0, 0.05) is 12.3 Å². The Balaban J connectivity index is 1.85. The van der Waals surface area contributed by atoms with Gasteiger partial charge in [-0.25, -0.2) is 4.79 Å². The molecule has 0 bridgehead atoms. The highest BCUT2D eigenvalue weighted by molar-refractivity contribution is 7.99. The summed E-state index contributed by atoms with van der Waals surface area (Å²) < 4.78 is 5.35. The second-order valence-corrected chi connectivity index (χ2v) is 7.52. The van der Waals surface area contributed by atoms with Gasteiger partial charge < -0.3 is 14.7 Å². The van der Waals surface area contributed by atoms with Gasteiger partial charge in [0.1, 0.15) is 5.60 Å². The van der Waals surface area contributed by atoms with E-state index in [1.807, 2.05) is 39.0 Å². The smallest absolute Gasteiger partial charge is 0.410 e. The molecule has 0 aliphatic carbocycles. The van der Waals surface area contributed by atoms with Crippen LogP contribution in [-0.4, -0.2) is 46.1 Å². The molecule has 0 aromatic heterocycles. The van der Waals surface area contributed by atoms with E-state index in [9.17, 15) is 9.90 Å². The van der Waals surface area contributed by atoms with Crippen LogP contribution in [0.15, 0.2) is 30.3 Å². The molecule has 1 fully saturated rings. The molecular formula is C16H23NO3S. The Bertz CT molecular complexity index is 472. The minimum atomic E-state index is -0.503. The number of amides is 1. The zero-order chi connectivity index (χ0) is 15.5. The topological polar surface area (TPSA) is 49.8 Å². The van der Waals surface area contributed by atoms with Gasteiger partial charge in [-0.2, -0.15) is 0 Å². The SMILES string of the molecule is CC(C)(C)OC(=O)N1C[C@@H](O)[C@H](SCc2ccccc2)C1. The number of β-amino-alcohol motifs (C(OH)–C–C–N with tert-alkyl or cyclic N) is 1. The second-order valence-electron chi connectivity index (χ2n) is 6.29. The standard InChI is InChI=1S/C16H23NO3S/c1-16(2,3)20-15(19)17-9-13(18)14(10-17)21-11-12-7-5-4-6-8-12/h4-8,13-14,18H,9-11H2,1-3H3/t13-,14-/m1/s1. The van der Waals surface area contributed by atoms with E-state index >= 15 is 0 Å². The highest BCUT2D eigenvalue weighted by Crippen LogP contribution is 2.27. The maximum absolute atomic E-state index is 12.0. The largest absolute Gasteiger partial charge is 0.444 e. The van der Waals surface area contributed by atoms with Crippen molar-refractivity contribution in [3.8, 4) is 0 Å². The quantitative estimate of drug-likeness (QED) is 0.933. The number of aliphatic hydroxyl groups excluding tert-OH is 1. The molecule has 1 aliphatic rings. The Morgan fingerprint density at radius 3 is 2.62 bits per heavy atom. The molecule has 1 aromatic carbocycles. The number of hydrogen-bond donors (Lipinski definition) is 1. The summed E-state index contributed by atoms with van der Waals surface area (Å²) in [5.41, 5.74) is 0.725. The third-order valence-electron chi connectivity index (χ3n) is 3.20. The summed E-state index contributed by atoms with van der Waals surface area (Å²) in [7, 11) is 0. The van der Waals surface area contributed by atoms with E-state index in [0.717, 1.165) is 5.75 Å². The van der Waals surface area contributed by atoms with E-state index in [0.29, 0.717) is 13.1 Å². The molecule has 0 unspecified atom stereocenters. The number of likely N-dealkylation sites (tertiary alicyclic amines) is 1. The first-order valence-corrected chi connectivity index (χ1v) is 8.21. The van der Waals surface area contributed by atoms with Gasteiger partial charge in [0.15, 0.2) is 0 Å². The molecule has 0 spiro atoms. The molecule has 2 atom stereocenters. The first-order chi connectivity index (χ1) is 9.85. The molecule has 4 nitrogen and oxygen atoms in total. The summed E-state index contributed by atoms with van der Waals surface area (Å²) in [5, 5.41) is 10.2. The van der Waals surface area contributed by atoms with E-state index in [4.69, 9.17) is 4.74 Å². The van der Waals surface area contributed by atoms with Crippen LogP contribution in [0.1, 0.15) is 26.3 Å². The average molecular weight is 309 g/mol. The number of rotatable bonds is 3. The number of ether oxygens (including phenoxy) is 1. The van der Waals surface area contributed by atoms with Crippen LogP contribution in [0.2, 0.25) is 0 Å². The van der Waals surface area contributed by atoms with Crippen molar-refractivity contribution in [2.45, 2.75) is 43.5 Å². The molecule has 21 heavy (non-hydrogen) atoms. The maximum Gasteiger partial charge on any atom is 0.410 e. The lowest BCUT2D eigenvalue weighted by Crippen LogP contribution is -2.35. The van der Waals surface area contributed by atoms with Crippen molar-refractivity contribution in [1.82, 2.24) is 4.90 Å². The highest BCUT2D eigenvalue weighted by Gasteiger charge is 2.36. The highest BCUT2D eigenvalue weighted by atomic mass is 32.2. The minimum absolute atomic E-state index is 0.0396. The minimum Gasteiger partial charge on any atom is -0.444 e. The monoisotopic (exact) mass is 309 g/mol. The van der Waals surface area contributed by atoms with Crippen LogP contribution in [0.25, 0.3) is 0 Å². The lowest BCUT2D eigenvalue weighted by molar-refractivity contribution is 0.0270. The summed E-state index contributed by atoms with van der Waals surface area (Å²) in [6.45, 7) is 6.42. The number of aliphatic hydroxyl groups is 1. The normalized spacial score (nSPS) is 22.4. The summed E-state index contributed by atoms with van der Waals surface area (Å²) in [6.07, 6.45) is -0.837. The molecule has 1 heterocycles. The van der Waals surface area contributed by atoms with Gasteiger partial charge in [0.25, 0.3) is 0 Å². The fourth-order valence-electron chi connectivity index (χ4n) is 2.17. The number of carbonyl (C=O) groups excluding carboxylic acids is 1. The Morgan fingerprint density at radius 1 is 1.33 bits per heavy atom. The third kappa shape index (κ3) is 4.93. The Labute approximate surface area is 130 Å². The van der Waals surface area contributed by atoms with Gasteiger partial charge in [0.05, 0.1) is 17.9 Å². The fourth-order valence-corrected chi connectivity index (χ4v) is 3.37. The number of thioether (sulfide) groups is 1. The summed E-state index contributed by atoms with van der Waals surface area (Å²) >= 11 is 1.68. The third-order valence-corrected chi connectivity index (χ3v) is 4.59. The summed E-state index contributed by atoms with van der Waals surface area (Å²) in [5.74, 6) is 0.838. The average Bonchev–Trinajstić information content (AvgIpc) is 2.77. The summed E-state index contributed by atoms with van der Waals surface area (Å²) in [6, 6.07) is 10.1. The number of benzene rings is 1. The molecule has 1 amide bonds. The van der Waals surface area contributed by atoms with Gasteiger partial charge in [-0.3, -0.25) is 0 Å². The van der Waals surface area contributed by atoms with Gasteiger partial charge >= 0.3 is 6.09 Å². The number of hydrogen-bond acceptors (Lipinski definition) is 4. The van der Waals surface area contributed by atoms with Crippen LogP contribution >= 0.6 is 11.8 Å². The van der Waals surface area contributed by atoms with E-state index in [1.54, 1.807) is 16.7 Å². The van der Waals surface area contributed by atoms with Crippen LogP contribution < -0.4 is 0 Å². The van der Waals surface area contributed by atoms with Gasteiger partial charge in [0.2, 0.25) is 0 Å². The van der Waals surface area contributed by atoms with E-state index in [2.05, 4.69) is 12.1 Å².